The first-order chi connectivity index (χ1) is 25.0. The average molecular weight is 739 g/mol. The van der Waals surface area contributed by atoms with Crippen LogP contribution in [0.5, 0.6) is 11.5 Å². The predicted octanol–water partition coefficient (Wildman–Crippen LogP) is 3.73. The highest BCUT2D eigenvalue weighted by atomic mass is 32.2. The topological polar surface area (TPSA) is 204 Å². The number of aromatic nitrogens is 4. The summed E-state index contributed by atoms with van der Waals surface area (Å²) < 4.78 is 13.3. The number of fused-ring (bicyclic) bond motifs is 1. The SMILES string of the molecule is CCCCNc1nc(N)nc2cn(Cc3c(OC)cc(CCNC(=O)C4CCC(CN5C(=O)CC(SC[C@@H](C)C(=O)O)C5=O)CC4)cc3OC)nc12. The van der Waals surface area contributed by atoms with Gasteiger partial charge in [0.25, 0.3) is 0 Å². The van der Waals surface area contributed by atoms with Gasteiger partial charge in [-0.3, -0.25) is 28.8 Å². The number of carbonyl (C=O) groups excluding carboxylic acids is 3. The van der Waals surface area contributed by atoms with Crippen LogP contribution in [0.15, 0.2) is 18.3 Å². The number of nitrogens with zero attached hydrogens (tertiary/aromatic N) is 5. The van der Waals surface area contributed by atoms with Crippen molar-refractivity contribution < 1.29 is 33.8 Å². The summed E-state index contributed by atoms with van der Waals surface area (Å²) in [5.41, 5.74) is 8.99. The van der Waals surface area contributed by atoms with Crippen LogP contribution in [0.25, 0.3) is 11.0 Å². The predicted molar refractivity (Wildman–Crippen MR) is 198 cm³/mol. The molecule has 3 aromatic rings. The number of hydrogen-bond acceptors (Lipinski definition) is 12. The number of imide groups is 1. The molecular weight excluding hydrogens is 689 g/mol. The van der Waals surface area contributed by atoms with Crippen molar-refractivity contribution in [1.29, 1.82) is 0 Å². The van der Waals surface area contributed by atoms with Crippen LogP contribution in [-0.4, -0.2) is 98.3 Å². The number of anilines is 2. The Morgan fingerprint density at radius 3 is 2.46 bits per heavy atom. The molecule has 2 fully saturated rings. The van der Waals surface area contributed by atoms with Crippen molar-refractivity contribution in [3.05, 3.63) is 29.5 Å². The van der Waals surface area contributed by atoms with Gasteiger partial charge in [-0.05, 0) is 62.1 Å². The minimum Gasteiger partial charge on any atom is -0.496 e. The van der Waals surface area contributed by atoms with Crippen molar-refractivity contribution in [3.63, 3.8) is 0 Å². The lowest BCUT2D eigenvalue weighted by atomic mass is 9.81. The number of benzene rings is 1. The third kappa shape index (κ3) is 9.43. The van der Waals surface area contributed by atoms with Gasteiger partial charge in [0.1, 0.15) is 17.0 Å². The zero-order chi connectivity index (χ0) is 37.4. The molecule has 0 radical (unpaired) electrons. The van der Waals surface area contributed by atoms with Gasteiger partial charge in [-0.15, -0.1) is 11.8 Å². The number of nitrogen functional groups attached to an aromatic ring is 1. The quantitative estimate of drug-likeness (QED) is 0.109. The average Bonchev–Trinajstić information content (AvgIpc) is 3.66. The molecule has 2 aliphatic rings. The molecule has 1 unspecified atom stereocenters. The fourth-order valence-corrected chi connectivity index (χ4v) is 7.91. The Bertz CT molecular complexity index is 1730. The summed E-state index contributed by atoms with van der Waals surface area (Å²) in [5, 5.41) is 19.7. The molecule has 0 bridgehead atoms. The molecule has 5 N–H and O–H groups in total. The van der Waals surface area contributed by atoms with E-state index in [9.17, 15) is 19.2 Å². The summed E-state index contributed by atoms with van der Waals surface area (Å²) in [4.78, 5) is 59.8. The number of amides is 3. The molecule has 52 heavy (non-hydrogen) atoms. The molecule has 16 heteroatoms. The van der Waals surface area contributed by atoms with E-state index in [0.29, 0.717) is 67.2 Å². The highest BCUT2D eigenvalue weighted by molar-refractivity contribution is 8.00. The number of ether oxygens (including phenoxy) is 2. The largest absolute Gasteiger partial charge is 0.496 e. The number of thioether (sulfide) groups is 1. The van der Waals surface area contributed by atoms with E-state index in [1.165, 1.54) is 16.7 Å². The first-order valence-corrected chi connectivity index (χ1v) is 19.0. The molecule has 3 heterocycles. The van der Waals surface area contributed by atoms with Gasteiger partial charge in [0, 0.05) is 37.7 Å². The number of likely N-dealkylation sites (tertiary alicyclic amines) is 1. The van der Waals surface area contributed by atoms with Crippen molar-refractivity contribution in [2.24, 2.45) is 17.8 Å². The molecule has 1 aromatic carbocycles. The Balaban J connectivity index is 1.12. The van der Waals surface area contributed by atoms with E-state index in [0.717, 1.165) is 43.4 Å². The van der Waals surface area contributed by atoms with Gasteiger partial charge < -0.3 is 30.9 Å². The molecule has 0 spiro atoms. The Kier molecular flexibility index (Phi) is 13.2. The van der Waals surface area contributed by atoms with Crippen LogP contribution in [0.2, 0.25) is 0 Å². The van der Waals surface area contributed by atoms with Gasteiger partial charge in [-0.1, -0.05) is 20.3 Å². The fourth-order valence-electron chi connectivity index (χ4n) is 6.71. The molecule has 1 saturated carbocycles. The van der Waals surface area contributed by atoms with Gasteiger partial charge >= 0.3 is 5.97 Å². The first-order valence-electron chi connectivity index (χ1n) is 18.0. The van der Waals surface area contributed by atoms with Crippen LogP contribution >= 0.6 is 11.8 Å². The molecule has 1 saturated heterocycles. The minimum atomic E-state index is -0.916. The second kappa shape index (κ2) is 17.8. The Hall–Kier alpha value is -4.60. The van der Waals surface area contributed by atoms with Crippen molar-refractivity contribution in [3.8, 4) is 11.5 Å². The lowest BCUT2D eigenvalue weighted by Crippen LogP contribution is -2.39. The summed E-state index contributed by atoms with van der Waals surface area (Å²) in [6.45, 7) is 5.63. The van der Waals surface area contributed by atoms with Crippen LogP contribution < -0.4 is 25.8 Å². The van der Waals surface area contributed by atoms with E-state index in [2.05, 4.69) is 27.5 Å². The fraction of sp³-hybridized carbons (Fsp3) is 0.583. The number of nitrogens with one attached hydrogen (secondary N) is 2. The molecule has 1 aliphatic carbocycles. The van der Waals surface area contributed by atoms with Crippen LogP contribution in [0.3, 0.4) is 0 Å². The number of rotatable bonds is 18. The van der Waals surface area contributed by atoms with E-state index in [1.54, 1.807) is 25.8 Å². The van der Waals surface area contributed by atoms with Gasteiger partial charge in [0.05, 0.1) is 43.7 Å². The second-order valence-electron chi connectivity index (χ2n) is 13.6. The number of aliphatic carboxylic acids is 1. The summed E-state index contributed by atoms with van der Waals surface area (Å²) in [5.74, 6) is 0.435. The number of carbonyl (C=O) groups is 4. The molecule has 15 nitrogen and oxygen atoms in total. The normalized spacial score (nSPS) is 19.5. The lowest BCUT2D eigenvalue weighted by Gasteiger charge is -2.30. The molecule has 5 rings (SSSR count). The number of carboxylic acid groups (broad SMARTS) is 1. The summed E-state index contributed by atoms with van der Waals surface area (Å²) >= 11 is 1.24. The maximum absolute atomic E-state index is 13.1. The van der Waals surface area contributed by atoms with E-state index in [4.69, 9.17) is 25.4 Å². The van der Waals surface area contributed by atoms with Crippen molar-refractivity contribution in [2.75, 3.05) is 50.7 Å². The van der Waals surface area contributed by atoms with Crippen molar-refractivity contribution in [1.82, 2.24) is 30.0 Å². The van der Waals surface area contributed by atoms with Gasteiger partial charge in [0.15, 0.2) is 11.3 Å². The number of hydrogen-bond donors (Lipinski definition) is 4. The van der Waals surface area contributed by atoms with Crippen LogP contribution in [0.1, 0.15) is 69.9 Å². The third-order valence-corrected chi connectivity index (χ3v) is 11.2. The number of nitrogens with two attached hydrogens (primary N) is 1. The number of methoxy groups -OCH3 is 2. The highest BCUT2D eigenvalue weighted by Crippen LogP contribution is 2.34. The van der Waals surface area contributed by atoms with Gasteiger partial charge in [-0.2, -0.15) is 10.1 Å². The van der Waals surface area contributed by atoms with E-state index < -0.39 is 17.1 Å². The third-order valence-electron chi connectivity index (χ3n) is 9.78. The molecular formula is C36H50N8O7S. The van der Waals surface area contributed by atoms with E-state index in [1.807, 2.05) is 18.3 Å². The Morgan fingerprint density at radius 1 is 1.10 bits per heavy atom. The molecule has 1 aliphatic heterocycles. The standard InChI is InChI=1S/C36H50N8O7S/c1-5-6-12-38-32-31-26(40-36(37)41-32)19-43(42-31)18-25-27(50-3)14-23(15-28(25)51-4)11-13-39-33(46)24-9-7-22(8-10-24)17-44-30(45)16-29(34(44)47)52-20-21(2)35(48)49/h14-15,19,21-22,24,29H,5-13,16-18,20H2,1-4H3,(H,39,46)(H,48,49)(H3,37,38,40,41)/t21-,22?,24?,29?/m1/s1. The van der Waals surface area contributed by atoms with Crippen molar-refractivity contribution in [2.45, 2.75) is 77.0 Å². The smallest absolute Gasteiger partial charge is 0.307 e. The first kappa shape index (κ1) is 38.6. The van der Waals surface area contributed by atoms with E-state index >= 15 is 0 Å². The summed E-state index contributed by atoms with van der Waals surface area (Å²) in [6, 6.07) is 3.90. The summed E-state index contributed by atoms with van der Waals surface area (Å²) in [6.07, 6.45) is 7.42. The van der Waals surface area contributed by atoms with Crippen LogP contribution in [0, 0.1) is 17.8 Å². The highest BCUT2D eigenvalue weighted by Gasteiger charge is 2.40. The second-order valence-corrected chi connectivity index (χ2v) is 14.9. The summed E-state index contributed by atoms with van der Waals surface area (Å²) in [7, 11) is 3.22. The van der Waals surface area contributed by atoms with Crippen LogP contribution in [0.4, 0.5) is 11.8 Å². The minimum absolute atomic E-state index is 0.00405. The maximum Gasteiger partial charge on any atom is 0.307 e. The zero-order valence-electron chi connectivity index (χ0n) is 30.4. The Morgan fingerprint density at radius 2 is 1.81 bits per heavy atom. The van der Waals surface area contributed by atoms with Crippen LogP contribution in [-0.2, 0) is 32.1 Å². The monoisotopic (exact) mass is 738 g/mol. The molecule has 282 valence electrons. The number of carboxylic acids is 1. The lowest BCUT2D eigenvalue weighted by molar-refractivity contribution is -0.141. The van der Waals surface area contributed by atoms with Gasteiger partial charge in [-0.25, -0.2) is 4.98 Å². The molecule has 2 aromatic heterocycles. The maximum atomic E-state index is 13.1. The van der Waals surface area contributed by atoms with Gasteiger partial charge in [0.2, 0.25) is 23.7 Å². The molecule has 3 amide bonds. The molecule has 2 atom stereocenters. The Labute approximate surface area is 307 Å². The zero-order valence-corrected chi connectivity index (χ0v) is 31.2. The van der Waals surface area contributed by atoms with Crippen molar-refractivity contribution >= 4 is 58.3 Å². The number of unbranched alkanes of at least 4 members (excludes halogenated alkanes) is 1. The van der Waals surface area contributed by atoms with E-state index in [-0.39, 0.29) is 47.7 Å².